The number of carbonyl (C=O) groups is 2. The number of hydrogen-bond acceptors (Lipinski definition) is 4. The maximum absolute atomic E-state index is 11.6. The smallest absolute Gasteiger partial charge is 0.323 e. The largest absolute Gasteiger partial charge is 0.480 e. The second-order valence-corrected chi connectivity index (χ2v) is 4.43. The number of carboxylic acids is 1. The first-order valence-electron chi connectivity index (χ1n) is 5.13. The highest BCUT2D eigenvalue weighted by Gasteiger charge is 2.11. The van der Waals surface area contributed by atoms with Gasteiger partial charge >= 0.3 is 5.97 Å². The molecule has 1 N–H and O–H groups in total. The summed E-state index contributed by atoms with van der Waals surface area (Å²) >= 11 is 1.50. The van der Waals surface area contributed by atoms with Crippen LogP contribution in [0.4, 0.5) is 0 Å². The normalized spacial score (nSPS) is 10.7. The number of likely N-dealkylation sites (N-methyl/N-ethyl adjacent to an activating group) is 1. The fourth-order valence-corrected chi connectivity index (χ4v) is 1.81. The Labute approximate surface area is 103 Å². The average molecular weight is 254 g/mol. The molecule has 1 rings (SSSR count). The third kappa shape index (κ3) is 4.36. The minimum Gasteiger partial charge on any atom is -0.480 e. The Morgan fingerprint density at radius 2 is 2.29 bits per heavy atom. The van der Waals surface area contributed by atoms with Gasteiger partial charge in [-0.15, -0.1) is 11.3 Å². The lowest BCUT2D eigenvalue weighted by molar-refractivity contribution is -0.142. The van der Waals surface area contributed by atoms with E-state index in [1.807, 2.05) is 12.3 Å². The van der Waals surface area contributed by atoms with Crippen molar-refractivity contribution in [3.63, 3.8) is 0 Å². The van der Waals surface area contributed by atoms with Crippen molar-refractivity contribution in [3.8, 4) is 0 Å². The van der Waals surface area contributed by atoms with Crippen LogP contribution in [0.3, 0.4) is 0 Å². The first-order chi connectivity index (χ1) is 8.02. The molecular formula is C11H14N2O3S. The van der Waals surface area contributed by atoms with E-state index in [0.29, 0.717) is 12.2 Å². The molecule has 1 heterocycles. The van der Waals surface area contributed by atoms with Crippen LogP contribution in [0, 0.1) is 6.92 Å². The first kappa shape index (κ1) is 13.4. The van der Waals surface area contributed by atoms with Gasteiger partial charge in [0, 0.05) is 18.0 Å². The van der Waals surface area contributed by atoms with Gasteiger partial charge in [0.25, 0.3) is 0 Å². The van der Waals surface area contributed by atoms with Gasteiger partial charge in [-0.3, -0.25) is 9.59 Å². The Morgan fingerprint density at radius 3 is 2.76 bits per heavy atom. The molecule has 0 spiro atoms. The van der Waals surface area contributed by atoms with E-state index in [4.69, 9.17) is 5.11 Å². The van der Waals surface area contributed by atoms with Gasteiger partial charge in [-0.2, -0.15) is 0 Å². The lowest BCUT2D eigenvalue weighted by Gasteiger charge is -2.15. The summed E-state index contributed by atoms with van der Waals surface area (Å²) in [6.07, 6.45) is 2.94. The predicted molar refractivity (Wildman–Crippen MR) is 65.8 cm³/mol. The molecule has 0 fully saturated rings. The highest BCUT2D eigenvalue weighted by Crippen LogP contribution is 2.09. The van der Waals surface area contributed by atoms with E-state index in [2.05, 4.69) is 4.98 Å². The van der Waals surface area contributed by atoms with Crippen molar-refractivity contribution in [1.82, 2.24) is 9.88 Å². The summed E-state index contributed by atoms with van der Waals surface area (Å²) in [4.78, 5) is 27.6. The van der Waals surface area contributed by atoms with E-state index in [9.17, 15) is 9.59 Å². The molecule has 92 valence electrons. The molecule has 0 aliphatic heterocycles. The summed E-state index contributed by atoms with van der Waals surface area (Å²) in [6.45, 7) is 3.70. The molecule has 1 amide bonds. The summed E-state index contributed by atoms with van der Waals surface area (Å²) in [5.74, 6) is -1.33. The number of aliphatic carboxylic acids is 1. The van der Waals surface area contributed by atoms with Crippen LogP contribution < -0.4 is 0 Å². The summed E-state index contributed by atoms with van der Waals surface area (Å²) in [6, 6.07) is 0. The molecule has 5 nitrogen and oxygen atoms in total. The van der Waals surface area contributed by atoms with Crippen LogP contribution in [-0.4, -0.2) is 40.0 Å². The highest BCUT2D eigenvalue weighted by atomic mass is 32.1. The summed E-state index contributed by atoms with van der Waals surface area (Å²) in [5.41, 5.74) is 0.715. The minimum absolute atomic E-state index is 0.282. The molecule has 1 aromatic heterocycles. The fraction of sp³-hybridized carbons (Fsp3) is 0.364. The van der Waals surface area contributed by atoms with Crippen molar-refractivity contribution in [2.24, 2.45) is 0 Å². The number of carbonyl (C=O) groups excluding carboxylic acids is 1. The predicted octanol–water partition coefficient (Wildman–Crippen LogP) is 1.40. The maximum Gasteiger partial charge on any atom is 0.323 e. The summed E-state index contributed by atoms with van der Waals surface area (Å²) in [7, 11) is 0. The van der Waals surface area contributed by atoms with E-state index in [0.717, 1.165) is 5.01 Å². The van der Waals surface area contributed by atoms with Crippen molar-refractivity contribution in [1.29, 1.82) is 0 Å². The number of thiazole rings is 1. The van der Waals surface area contributed by atoms with Crippen LogP contribution in [0.25, 0.3) is 6.08 Å². The van der Waals surface area contributed by atoms with Gasteiger partial charge in [-0.05, 0) is 19.9 Å². The van der Waals surface area contributed by atoms with E-state index >= 15 is 0 Å². The van der Waals surface area contributed by atoms with Gasteiger partial charge in [0.1, 0.15) is 6.54 Å². The van der Waals surface area contributed by atoms with E-state index < -0.39 is 5.97 Å². The van der Waals surface area contributed by atoms with Crippen molar-refractivity contribution in [2.45, 2.75) is 13.8 Å². The molecule has 6 heteroatoms. The van der Waals surface area contributed by atoms with Gasteiger partial charge in [-0.25, -0.2) is 4.98 Å². The highest BCUT2D eigenvalue weighted by molar-refractivity contribution is 7.09. The molecule has 0 bridgehead atoms. The topological polar surface area (TPSA) is 70.5 Å². The second kappa shape index (κ2) is 6.15. The van der Waals surface area contributed by atoms with Gasteiger partial charge in [-0.1, -0.05) is 0 Å². The molecule has 0 unspecified atom stereocenters. The quantitative estimate of drug-likeness (QED) is 0.806. The van der Waals surface area contributed by atoms with Crippen molar-refractivity contribution < 1.29 is 14.7 Å². The zero-order chi connectivity index (χ0) is 12.8. The number of nitrogens with zero attached hydrogens (tertiary/aromatic N) is 2. The number of carboxylic acid groups (broad SMARTS) is 1. The molecule has 1 aromatic rings. The second-order valence-electron chi connectivity index (χ2n) is 3.37. The van der Waals surface area contributed by atoms with Crippen LogP contribution >= 0.6 is 11.3 Å². The van der Waals surface area contributed by atoms with Crippen molar-refractivity contribution in [3.05, 3.63) is 22.2 Å². The van der Waals surface area contributed by atoms with E-state index in [1.54, 1.807) is 13.0 Å². The molecule has 17 heavy (non-hydrogen) atoms. The maximum atomic E-state index is 11.6. The molecule has 0 aliphatic carbocycles. The van der Waals surface area contributed by atoms with Gasteiger partial charge < -0.3 is 10.0 Å². The zero-order valence-corrected chi connectivity index (χ0v) is 10.5. The lowest BCUT2D eigenvalue weighted by atomic mass is 10.3. The van der Waals surface area contributed by atoms with E-state index in [1.165, 1.54) is 22.3 Å². The first-order valence-corrected chi connectivity index (χ1v) is 6.01. The summed E-state index contributed by atoms with van der Waals surface area (Å²) in [5, 5.41) is 11.4. The van der Waals surface area contributed by atoms with Gasteiger partial charge in [0.2, 0.25) is 5.91 Å². The molecular weight excluding hydrogens is 240 g/mol. The van der Waals surface area contributed by atoms with Crippen molar-refractivity contribution >= 4 is 29.3 Å². The SMILES string of the molecule is CCN(CC(=O)O)C(=O)/C=C/c1csc(C)n1. The third-order valence-electron chi connectivity index (χ3n) is 2.05. The van der Waals surface area contributed by atoms with Crippen LogP contribution in [0.1, 0.15) is 17.6 Å². The lowest BCUT2D eigenvalue weighted by Crippen LogP contribution is -2.34. The van der Waals surface area contributed by atoms with Gasteiger partial charge in [0.15, 0.2) is 0 Å². The zero-order valence-electron chi connectivity index (χ0n) is 9.71. The Morgan fingerprint density at radius 1 is 1.59 bits per heavy atom. The number of aromatic nitrogens is 1. The molecule has 0 saturated heterocycles. The molecule has 0 aromatic carbocycles. The number of amides is 1. The third-order valence-corrected chi connectivity index (χ3v) is 2.84. The van der Waals surface area contributed by atoms with Gasteiger partial charge in [0.05, 0.1) is 10.7 Å². The Bertz CT molecular complexity index is 440. The average Bonchev–Trinajstić information content (AvgIpc) is 2.68. The van der Waals surface area contributed by atoms with Crippen LogP contribution in [0.5, 0.6) is 0 Å². The Hall–Kier alpha value is -1.69. The van der Waals surface area contributed by atoms with Crippen LogP contribution in [0.15, 0.2) is 11.5 Å². The molecule has 0 atom stereocenters. The van der Waals surface area contributed by atoms with Crippen LogP contribution in [0.2, 0.25) is 0 Å². The Kier molecular flexibility index (Phi) is 4.84. The number of aryl methyl sites for hydroxylation is 1. The number of hydrogen-bond donors (Lipinski definition) is 1. The summed E-state index contributed by atoms with van der Waals surface area (Å²) < 4.78 is 0. The van der Waals surface area contributed by atoms with Crippen molar-refractivity contribution in [2.75, 3.05) is 13.1 Å². The molecule has 0 saturated carbocycles. The number of rotatable bonds is 5. The standard InChI is InChI=1S/C11H14N2O3S/c1-3-13(6-11(15)16)10(14)5-4-9-7-17-8(2)12-9/h4-5,7H,3,6H2,1-2H3,(H,15,16)/b5-4+. The monoisotopic (exact) mass is 254 g/mol. The van der Waals surface area contributed by atoms with Crippen LogP contribution in [-0.2, 0) is 9.59 Å². The fourth-order valence-electron chi connectivity index (χ4n) is 1.23. The van der Waals surface area contributed by atoms with E-state index in [-0.39, 0.29) is 12.5 Å². The minimum atomic E-state index is -1.02. The molecule has 0 aliphatic rings. The molecule has 0 radical (unpaired) electrons. The Balaban J connectivity index is 2.63.